The van der Waals surface area contributed by atoms with E-state index in [4.69, 9.17) is 0 Å². The fourth-order valence-electron chi connectivity index (χ4n) is 2.34. The maximum absolute atomic E-state index is 12.0. The number of rotatable bonds is 4. The summed E-state index contributed by atoms with van der Waals surface area (Å²) in [5.41, 5.74) is 1.10. The van der Waals surface area contributed by atoms with Crippen LogP contribution in [0.4, 0.5) is 0 Å². The Morgan fingerprint density at radius 3 is 2.86 bits per heavy atom. The molecule has 0 radical (unpaired) electrons. The maximum Gasteiger partial charge on any atom is 0.267 e. The predicted molar refractivity (Wildman–Crippen MR) is 83.8 cm³/mol. The molecule has 6 nitrogen and oxygen atoms in total. The van der Waals surface area contributed by atoms with Gasteiger partial charge in [0, 0.05) is 26.2 Å². The third kappa shape index (κ3) is 2.76. The van der Waals surface area contributed by atoms with Gasteiger partial charge in [-0.15, -0.1) is 0 Å². The Morgan fingerprint density at radius 1 is 1.27 bits per heavy atom. The van der Waals surface area contributed by atoms with Crippen molar-refractivity contribution in [3.05, 3.63) is 64.5 Å². The highest BCUT2D eigenvalue weighted by Crippen LogP contribution is 2.05. The minimum absolute atomic E-state index is 0.143. The van der Waals surface area contributed by atoms with E-state index in [1.807, 2.05) is 25.4 Å². The highest BCUT2D eigenvalue weighted by atomic mass is 16.2. The molecule has 0 atom stereocenters. The Labute approximate surface area is 126 Å². The summed E-state index contributed by atoms with van der Waals surface area (Å²) in [4.78, 5) is 31.1. The van der Waals surface area contributed by atoms with Gasteiger partial charge in [-0.1, -0.05) is 12.1 Å². The first-order chi connectivity index (χ1) is 10.6. The van der Waals surface area contributed by atoms with Gasteiger partial charge in [0.2, 0.25) is 0 Å². The minimum Gasteiger partial charge on any atom is -0.350 e. The van der Waals surface area contributed by atoms with E-state index in [0.29, 0.717) is 35.4 Å². The predicted octanol–water partition coefficient (Wildman–Crippen LogP) is 1.23. The lowest BCUT2D eigenvalue weighted by atomic mass is 10.2. The molecule has 0 spiro atoms. The Balaban J connectivity index is 1.68. The van der Waals surface area contributed by atoms with Gasteiger partial charge in [-0.2, -0.15) is 0 Å². The minimum atomic E-state index is -0.158. The van der Waals surface area contributed by atoms with Crippen molar-refractivity contribution in [1.29, 1.82) is 0 Å². The zero-order valence-electron chi connectivity index (χ0n) is 12.2. The second-order valence-electron chi connectivity index (χ2n) is 5.04. The van der Waals surface area contributed by atoms with Gasteiger partial charge in [0.1, 0.15) is 11.5 Å². The molecule has 112 valence electrons. The van der Waals surface area contributed by atoms with E-state index in [9.17, 15) is 9.59 Å². The molecule has 0 unspecified atom stereocenters. The topological polar surface area (TPSA) is 79.8 Å². The van der Waals surface area contributed by atoms with Crippen molar-refractivity contribution < 1.29 is 4.79 Å². The molecule has 0 aliphatic carbocycles. The van der Waals surface area contributed by atoms with Gasteiger partial charge in [-0.05, 0) is 24.3 Å². The number of aromatic amines is 1. The van der Waals surface area contributed by atoms with E-state index in [1.54, 1.807) is 28.8 Å². The zero-order valence-corrected chi connectivity index (χ0v) is 12.2. The van der Waals surface area contributed by atoms with E-state index in [2.05, 4.69) is 15.3 Å². The Kier molecular flexibility index (Phi) is 3.74. The van der Waals surface area contributed by atoms with Gasteiger partial charge >= 0.3 is 0 Å². The Bertz CT molecular complexity index is 879. The number of carbonyl (C=O) groups is 1. The van der Waals surface area contributed by atoms with Crippen LogP contribution in [0.15, 0.2) is 47.4 Å². The average Bonchev–Trinajstić information content (AvgIpc) is 2.93. The molecular weight excluding hydrogens is 280 g/mol. The molecule has 0 saturated heterocycles. The molecule has 0 aliphatic heterocycles. The van der Waals surface area contributed by atoms with Gasteiger partial charge in [0.05, 0.1) is 10.9 Å². The molecule has 22 heavy (non-hydrogen) atoms. The SMILES string of the molecule is Cn1cccc1C(=O)NCCc1nc2ccccc2c(=O)[nH]1. The van der Waals surface area contributed by atoms with Crippen molar-refractivity contribution in [3.63, 3.8) is 0 Å². The molecule has 3 rings (SSSR count). The van der Waals surface area contributed by atoms with E-state index in [-0.39, 0.29) is 11.5 Å². The monoisotopic (exact) mass is 296 g/mol. The number of hydrogen-bond acceptors (Lipinski definition) is 3. The number of H-pyrrole nitrogens is 1. The highest BCUT2D eigenvalue weighted by molar-refractivity contribution is 5.92. The quantitative estimate of drug-likeness (QED) is 0.760. The lowest BCUT2D eigenvalue weighted by molar-refractivity contribution is 0.0946. The molecule has 3 aromatic rings. The standard InChI is InChI=1S/C16H16N4O2/c1-20-10-4-7-13(20)16(22)17-9-8-14-18-12-6-3-2-5-11(12)15(21)19-14/h2-7,10H,8-9H2,1H3,(H,17,22)(H,18,19,21). The van der Waals surface area contributed by atoms with Gasteiger partial charge in [0.25, 0.3) is 11.5 Å². The zero-order chi connectivity index (χ0) is 15.5. The first-order valence-electron chi connectivity index (χ1n) is 7.02. The van der Waals surface area contributed by atoms with E-state index < -0.39 is 0 Å². The lowest BCUT2D eigenvalue weighted by Crippen LogP contribution is -2.28. The molecule has 2 N–H and O–H groups in total. The third-order valence-corrected chi connectivity index (χ3v) is 3.49. The van der Waals surface area contributed by atoms with Crippen molar-refractivity contribution in [3.8, 4) is 0 Å². The average molecular weight is 296 g/mol. The number of fused-ring (bicyclic) bond motifs is 1. The van der Waals surface area contributed by atoms with Gasteiger partial charge in [-0.25, -0.2) is 4.98 Å². The second kappa shape index (κ2) is 5.85. The number of nitrogens with one attached hydrogen (secondary N) is 2. The summed E-state index contributed by atoms with van der Waals surface area (Å²) in [6.45, 7) is 0.408. The van der Waals surface area contributed by atoms with Crippen LogP contribution >= 0.6 is 0 Å². The molecule has 6 heteroatoms. The molecule has 2 aromatic heterocycles. The highest BCUT2D eigenvalue weighted by Gasteiger charge is 2.08. The van der Waals surface area contributed by atoms with Crippen molar-refractivity contribution in [2.75, 3.05) is 6.54 Å². The Morgan fingerprint density at radius 2 is 2.09 bits per heavy atom. The van der Waals surface area contributed by atoms with Crippen molar-refractivity contribution in [2.24, 2.45) is 7.05 Å². The number of benzene rings is 1. The Hall–Kier alpha value is -2.89. The van der Waals surface area contributed by atoms with Crippen LogP contribution in [0.5, 0.6) is 0 Å². The van der Waals surface area contributed by atoms with Crippen LogP contribution in [-0.2, 0) is 13.5 Å². The molecule has 0 saturated carbocycles. The molecule has 0 aliphatic rings. The summed E-state index contributed by atoms with van der Waals surface area (Å²) in [5.74, 6) is 0.423. The summed E-state index contributed by atoms with van der Waals surface area (Å²) < 4.78 is 1.76. The smallest absolute Gasteiger partial charge is 0.267 e. The number of carbonyl (C=O) groups excluding carboxylic acids is 1. The van der Waals surface area contributed by atoms with Gasteiger partial charge in [-0.3, -0.25) is 9.59 Å². The summed E-state index contributed by atoms with van der Waals surface area (Å²) >= 11 is 0. The first-order valence-corrected chi connectivity index (χ1v) is 7.02. The normalized spacial score (nSPS) is 10.8. The van der Waals surface area contributed by atoms with E-state index in [1.165, 1.54) is 0 Å². The third-order valence-electron chi connectivity index (χ3n) is 3.49. The number of aromatic nitrogens is 3. The summed E-state index contributed by atoms with van der Waals surface area (Å²) in [6, 6.07) is 10.8. The van der Waals surface area contributed by atoms with E-state index >= 15 is 0 Å². The van der Waals surface area contributed by atoms with Crippen LogP contribution in [0.25, 0.3) is 10.9 Å². The summed E-state index contributed by atoms with van der Waals surface area (Å²) in [5, 5.41) is 3.39. The fraction of sp³-hybridized carbons (Fsp3) is 0.188. The maximum atomic E-state index is 12.0. The number of amides is 1. The molecule has 2 heterocycles. The largest absolute Gasteiger partial charge is 0.350 e. The number of hydrogen-bond donors (Lipinski definition) is 2. The van der Waals surface area contributed by atoms with Crippen LogP contribution in [0, 0.1) is 0 Å². The molecule has 1 aromatic carbocycles. The van der Waals surface area contributed by atoms with Crippen LogP contribution in [0.3, 0.4) is 0 Å². The van der Waals surface area contributed by atoms with Crippen LogP contribution in [-0.4, -0.2) is 27.0 Å². The van der Waals surface area contributed by atoms with Crippen molar-refractivity contribution >= 4 is 16.8 Å². The fourth-order valence-corrected chi connectivity index (χ4v) is 2.34. The molecular formula is C16H16N4O2. The number of para-hydroxylation sites is 1. The number of aryl methyl sites for hydroxylation is 1. The molecule has 0 fully saturated rings. The van der Waals surface area contributed by atoms with Crippen LogP contribution < -0.4 is 10.9 Å². The van der Waals surface area contributed by atoms with Gasteiger partial charge < -0.3 is 14.9 Å². The van der Waals surface area contributed by atoms with Crippen molar-refractivity contribution in [2.45, 2.75) is 6.42 Å². The summed E-state index contributed by atoms with van der Waals surface area (Å²) in [6.07, 6.45) is 2.29. The molecule has 1 amide bonds. The van der Waals surface area contributed by atoms with Gasteiger partial charge in [0.15, 0.2) is 0 Å². The van der Waals surface area contributed by atoms with Crippen LogP contribution in [0.1, 0.15) is 16.3 Å². The van der Waals surface area contributed by atoms with Crippen LogP contribution in [0.2, 0.25) is 0 Å². The molecule has 0 bridgehead atoms. The first kappa shape index (κ1) is 14.1. The summed E-state index contributed by atoms with van der Waals surface area (Å²) in [7, 11) is 1.82. The van der Waals surface area contributed by atoms with Crippen molar-refractivity contribution in [1.82, 2.24) is 19.9 Å². The second-order valence-corrected chi connectivity index (χ2v) is 5.04. The number of nitrogens with zero attached hydrogens (tertiary/aromatic N) is 2. The van der Waals surface area contributed by atoms with E-state index in [0.717, 1.165) is 0 Å². The lowest BCUT2D eigenvalue weighted by Gasteiger charge is -2.06.